The van der Waals surface area contributed by atoms with Crippen LogP contribution in [-0.2, 0) is 11.2 Å². The first kappa shape index (κ1) is 19.9. The van der Waals surface area contributed by atoms with Crippen LogP contribution in [0.1, 0.15) is 12.6 Å². The summed E-state index contributed by atoms with van der Waals surface area (Å²) in [6, 6.07) is 25.7. The first-order chi connectivity index (χ1) is 14.7. The van der Waals surface area contributed by atoms with Crippen molar-refractivity contribution in [2.75, 3.05) is 11.9 Å². The van der Waals surface area contributed by atoms with Crippen molar-refractivity contribution in [2.24, 2.45) is 0 Å². The Hall–Kier alpha value is -3.44. The molecule has 4 rings (SSSR count). The predicted molar refractivity (Wildman–Crippen MR) is 123 cm³/mol. The van der Waals surface area contributed by atoms with Gasteiger partial charge in [-0.25, -0.2) is 4.98 Å². The second-order valence-corrected chi connectivity index (χ2v) is 7.60. The molecular formula is C25H22N2O2S. The van der Waals surface area contributed by atoms with E-state index < -0.39 is 0 Å². The number of benzene rings is 3. The van der Waals surface area contributed by atoms with Gasteiger partial charge in [0.15, 0.2) is 0 Å². The minimum Gasteiger partial charge on any atom is -0.494 e. The highest BCUT2D eigenvalue weighted by atomic mass is 32.1. The van der Waals surface area contributed by atoms with Crippen LogP contribution in [0.15, 0.2) is 84.2 Å². The Kier molecular flexibility index (Phi) is 6.20. The molecule has 1 N–H and O–H groups in total. The van der Waals surface area contributed by atoms with Gasteiger partial charge in [-0.1, -0.05) is 48.5 Å². The Labute approximate surface area is 180 Å². The van der Waals surface area contributed by atoms with Gasteiger partial charge < -0.3 is 10.1 Å². The largest absolute Gasteiger partial charge is 0.494 e. The molecule has 0 atom stereocenters. The molecule has 0 saturated carbocycles. The van der Waals surface area contributed by atoms with Crippen molar-refractivity contribution in [3.63, 3.8) is 0 Å². The molecule has 4 nitrogen and oxygen atoms in total. The fourth-order valence-electron chi connectivity index (χ4n) is 3.20. The predicted octanol–water partition coefficient (Wildman–Crippen LogP) is 6.06. The van der Waals surface area contributed by atoms with Crippen LogP contribution in [0.3, 0.4) is 0 Å². The van der Waals surface area contributed by atoms with Gasteiger partial charge in [0.25, 0.3) is 0 Å². The highest BCUT2D eigenvalue weighted by molar-refractivity contribution is 7.13. The number of rotatable bonds is 7. The van der Waals surface area contributed by atoms with Gasteiger partial charge in [0.05, 0.1) is 18.7 Å². The standard InChI is InChI=1S/C25H22N2O2S/c1-2-29-21-14-12-19(13-15-21)25-26-20(17-30-25)16-24(28)27-23-11-7-6-10-22(23)18-8-4-3-5-9-18/h3-15,17H,2,16H2,1H3,(H,27,28). The number of thiazole rings is 1. The van der Waals surface area contributed by atoms with E-state index in [0.717, 1.165) is 38.8 Å². The molecule has 150 valence electrons. The lowest BCUT2D eigenvalue weighted by Crippen LogP contribution is -2.15. The van der Waals surface area contributed by atoms with Gasteiger partial charge in [0, 0.05) is 22.2 Å². The molecule has 1 aromatic heterocycles. The van der Waals surface area contributed by atoms with Crippen LogP contribution >= 0.6 is 11.3 Å². The zero-order valence-electron chi connectivity index (χ0n) is 16.7. The molecule has 0 saturated heterocycles. The molecule has 30 heavy (non-hydrogen) atoms. The summed E-state index contributed by atoms with van der Waals surface area (Å²) in [7, 11) is 0. The minimum atomic E-state index is -0.0816. The van der Waals surface area contributed by atoms with Crippen LogP contribution in [0.5, 0.6) is 5.75 Å². The van der Waals surface area contributed by atoms with Crippen LogP contribution in [0.25, 0.3) is 21.7 Å². The van der Waals surface area contributed by atoms with Crippen LogP contribution < -0.4 is 10.1 Å². The number of nitrogens with zero attached hydrogens (tertiary/aromatic N) is 1. The highest BCUT2D eigenvalue weighted by Crippen LogP contribution is 2.28. The highest BCUT2D eigenvalue weighted by Gasteiger charge is 2.12. The first-order valence-electron chi connectivity index (χ1n) is 9.85. The first-order valence-corrected chi connectivity index (χ1v) is 10.7. The van der Waals surface area contributed by atoms with Crippen molar-refractivity contribution < 1.29 is 9.53 Å². The SMILES string of the molecule is CCOc1ccc(-c2nc(CC(=O)Nc3ccccc3-c3ccccc3)cs2)cc1. The molecule has 0 bridgehead atoms. The number of ether oxygens (including phenoxy) is 1. The van der Waals surface area contributed by atoms with Crippen LogP contribution in [0.2, 0.25) is 0 Å². The molecule has 4 aromatic rings. The topological polar surface area (TPSA) is 51.2 Å². The summed E-state index contributed by atoms with van der Waals surface area (Å²) >= 11 is 1.54. The number of aromatic nitrogens is 1. The molecule has 0 aliphatic carbocycles. The van der Waals surface area contributed by atoms with E-state index >= 15 is 0 Å². The van der Waals surface area contributed by atoms with Crippen molar-refractivity contribution in [3.05, 3.63) is 89.9 Å². The van der Waals surface area contributed by atoms with Crippen molar-refractivity contribution in [1.29, 1.82) is 0 Å². The van der Waals surface area contributed by atoms with Crippen LogP contribution in [0.4, 0.5) is 5.69 Å². The van der Waals surface area contributed by atoms with E-state index in [-0.39, 0.29) is 12.3 Å². The monoisotopic (exact) mass is 414 g/mol. The smallest absolute Gasteiger partial charge is 0.230 e. The summed E-state index contributed by atoms with van der Waals surface area (Å²) < 4.78 is 5.48. The maximum Gasteiger partial charge on any atom is 0.230 e. The average Bonchev–Trinajstić information content (AvgIpc) is 3.24. The number of hydrogen-bond donors (Lipinski definition) is 1. The minimum absolute atomic E-state index is 0.0816. The van der Waals surface area contributed by atoms with E-state index in [2.05, 4.69) is 10.3 Å². The Balaban J connectivity index is 1.45. The number of amides is 1. The summed E-state index contributed by atoms with van der Waals surface area (Å²) in [5, 5.41) is 5.87. The van der Waals surface area contributed by atoms with Gasteiger partial charge in [-0.15, -0.1) is 11.3 Å². The molecule has 0 radical (unpaired) electrons. The summed E-state index contributed by atoms with van der Waals surface area (Å²) in [6.07, 6.45) is 0.233. The van der Waals surface area contributed by atoms with E-state index in [9.17, 15) is 4.79 Å². The van der Waals surface area contributed by atoms with E-state index in [1.165, 1.54) is 11.3 Å². The van der Waals surface area contributed by atoms with Gasteiger partial charge in [0.2, 0.25) is 5.91 Å². The number of carbonyl (C=O) groups is 1. The lowest BCUT2D eigenvalue weighted by Gasteiger charge is -2.11. The molecule has 0 fully saturated rings. The van der Waals surface area contributed by atoms with Crippen molar-refractivity contribution in [3.8, 4) is 27.4 Å². The molecule has 0 unspecified atom stereocenters. The van der Waals surface area contributed by atoms with Gasteiger partial charge >= 0.3 is 0 Å². The number of carbonyl (C=O) groups excluding carboxylic acids is 1. The maximum absolute atomic E-state index is 12.7. The van der Waals surface area contributed by atoms with Gasteiger partial charge in [-0.3, -0.25) is 4.79 Å². The average molecular weight is 415 g/mol. The van der Waals surface area contributed by atoms with E-state index in [1.54, 1.807) is 0 Å². The summed E-state index contributed by atoms with van der Waals surface area (Å²) in [6.45, 7) is 2.60. The molecule has 1 amide bonds. The van der Waals surface area contributed by atoms with E-state index in [0.29, 0.717) is 6.61 Å². The number of para-hydroxylation sites is 1. The molecule has 0 aliphatic heterocycles. The van der Waals surface area contributed by atoms with Crippen molar-refractivity contribution >= 4 is 22.9 Å². The Morgan fingerprint density at radius 3 is 2.43 bits per heavy atom. The fraction of sp³-hybridized carbons (Fsp3) is 0.120. The van der Waals surface area contributed by atoms with E-state index in [4.69, 9.17) is 4.74 Å². The molecule has 0 aliphatic rings. The lowest BCUT2D eigenvalue weighted by molar-refractivity contribution is -0.115. The Bertz CT molecular complexity index is 1120. The van der Waals surface area contributed by atoms with E-state index in [1.807, 2.05) is 91.2 Å². The second-order valence-electron chi connectivity index (χ2n) is 6.74. The molecule has 0 spiro atoms. The Morgan fingerprint density at radius 2 is 1.67 bits per heavy atom. The lowest BCUT2D eigenvalue weighted by atomic mass is 10.0. The van der Waals surface area contributed by atoms with Gasteiger partial charge in [0.1, 0.15) is 10.8 Å². The zero-order chi connectivity index (χ0) is 20.8. The quantitative estimate of drug-likeness (QED) is 0.400. The van der Waals surface area contributed by atoms with Crippen LogP contribution in [0, 0.1) is 0 Å². The normalized spacial score (nSPS) is 10.6. The van der Waals surface area contributed by atoms with Gasteiger partial charge in [-0.2, -0.15) is 0 Å². The summed E-state index contributed by atoms with van der Waals surface area (Å²) in [4.78, 5) is 17.3. The number of anilines is 1. The summed E-state index contributed by atoms with van der Waals surface area (Å²) in [5.41, 5.74) is 4.65. The molecule has 3 aromatic carbocycles. The summed E-state index contributed by atoms with van der Waals surface area (Å²) in [5.74, 6) is 0.761. The fourth-order valence-corrected chi connectivity index (χ4v) is 4.03. The molecular weight excluding hydrogens is 392 g/mol. The van der Waals surface area contributed by atoms with Gasteiger partial charge in [-0.05, 0) is 42.8 Å². The van der Waals surface area contributed by atoms with Crippen LogP contribution in [-0.4, -0.2) is 17.5 Å². The molecule has 5 heteroatoms. The Morgan fingerprint density at radius 1 is 0.933 bits per heavy atom. The third-order valence-electron chi connectivity index (χ3n) is 4.59. The third kappa shape index (κ3) is 4.75. The van der Waals surface area contributed by atoms with Crippen molar-refractivity contribution in [1.82, 2.24) is 4.98 Å². The maximum atomic E-state index is 12.7. The number of hydrogen-bond acceptors (Lipinski definition) is 4. The number of nitrogens with one attached hydrogen (secondary N) is 1. The van der Waals surface area contributed by atoms with Crippen molar-refractivity contribution in [2.45, 2.75) is 13.3 Å². The molecule has 1 heterocycles. The second kappa shape index (κ2) is 9.37. The zero-order valence-corrected chi connectivity index (χ0v) is 17.5. The third-order valence-corrected chi connectivity index (χ3v) is 5.53.